The Morgan fingerprint density at radius 2 is 2.05 bits per heavy atom. The number of morpholine rings is 1. The fourth-order valence-corrected chi connectivity index (χ4v) is 2.36. The first-order valence-electron chi connectivity index (χ1n) is 6.87. The summed E-state index contributed by atoms with van der Waals surface area (Å²) in [6.07, 6.45) is 0. The molecule has 1 saturated heterocycles. The van der Waals surface area contributed by atoms with E-state index in [9.17, 15) is 4.79 Å². The van der Waals surface area contributed by atoms with Gasteiger partial charge in [-0.15, -0.1) is 0 Å². The van der Waals surface area contributed by atoms with Crippen LogP contribution in [0.3, 0.4) is 0 Å². The maximum atomic E-state index is 11.4. The zero-order valence-corrected chi connectivity index (χ0v) is 11.8. The lowest BCUT2D eigenvalue weighted by Crippen LogP contribution is -2.34. The van der Waals surface area contributed by atoms with Crippen molar-refractivity contribution in [3.8, 4) is 11.3 Å². The summed E-state index contributed by atoms with van der Waals surface area (Å²) >= 11 is 0. The lowest BCUT2D eigenvalue weighted by Gasteiger charge is -2.24. The fraction of sp³-hybridized carbons (Fsp3) is 0.312. The monoisotopic (exact) mass is 287 g/mol. The third kappa shape index (κ3) is 2.99. The molecule has 5 heteroatoms. The third-order valence-electron chi connectivity index (χ3n) is 3.51. The Morgan fingerprint density at radius 3 is 2.71 bits per heavy atom. The van der Waals surface area contributed by atoms with Crippen LogP contribution in [0.1, 0.15) is 22.2 Å². The molecule has 1 aromatic heterocycles. The number of rotatable bonds is 3. The SMILES string of the molecule is COC(=O)c1ccc(-c2ccc(C3COCCN3)cc2)o1. The number of carbonyl (C=O) groups is 1. The van der Waals surface area contributed by atoms with Crippen molar-refractivity contribution in [2.75, 3.05) is 26.9 Å². The van der Waals surface area contributed by atoms with Crippen molar-refractivity contribution < 1.29 is 18.7 Å². The van der Waals surface area contributed by atoms with Crippen molar-refractivity contribution in [1.82, 2.24) is 5.32 Å². The van der Waals surface area contributed by atoms with Gasteiger partial charge in [0.1, 0.15) is 5.76 Å². The Labute approximate surface area is 122 Å². The average molecular weight is 287 g/mol. The van der Waals surface area contributed by atoms with Crippen molar-refractivity contribution >= 4 is 5.97 Å². The summed E-state index contributed by atoms with van der Waals surface area (Å²) in [6, 6.07) is 11.7. The van der Waals surface area contributed by atoms with Gasteiger partial charge in [0.25, 0.3) is 0 Å². The van der Waals surface area contributed by atoms with Crippen LogP contribution < -0.4 is 5.32 Å². The Morgan fingerprint density at radius 1 is 1.24 bits per heavy atom. The molecule has 5 nitrogen and oxygen atoms in total. The van der Waals surface area contributed by atoms with Crippen LogP contribution in [0, 0.1) is 0 Å². The van der Waals surface area contributed by atoms with Gasteiger partial charge in [-0.25, -0.2) is 4.79 Å². The van der Waals surface area contributed by atoms with E-state index in [2.05, 4.69) is 10.1 Å². The van der Waals surface area contributed by atoms with Crippen LogP contribution in [0.5, 0.6) is 0 Å². The quantitative estimate of drug-likeness (QED) is 0.878. The van der Waals surface area contributed by atoms with Crippen LogP contribution in [0.25, 0.3) is 11.3 Å². The van der Waals surface area contributed by atoms with Gasteiger partial charge in [-0.3, -0.25) is 0 Å². The number of methoxy groups -OCH3 is 1. The van der Waals surface area contributed by atoms with Crippen molar-refractivity contribution in [2.24, 2.45) is 0 Å². The van der Waals surface area contributed by atoms with Gasteiger partial charge in [-0.2, -0.15) is 0 Å². The molecule has 1 aromatic carbocycles. The van der Waals surface area contributed by atoms with Crippen LogP contribution in [0.15, 0.2) is 40.8 Å². The predicted molar refractivity (Wildman–Crippen MR) is 77.0 cm³/mol. The first-order chi connectivity index (χ1) is 10.3. The molecule has 0 bridgehead atoms. The maximum absolute atomic E-state index is 11.4. The number of benzene rings is 1. The van der Waals surface area contributed by atoms with Crippen LogP contribution in [0.4, 0.5) is 0 Å². The van der Waals surface area contributed by atoms with E-state index in [1.54, 1.807) is 12.1 Å². The van der Waals surface area contributed by atoms with E-state index in [4.69, 9.17) is 9.15 Å². The van der Waals surface area contributed by atoms with Crippen molar-refractivity contribution in [3.63, 3.8) is 0 Å². The van der Waals surface area contributed by atoms with Gasteiger partial charge >= 0.3 is 5.97 Å². The lowest BCUT2D eigenvalue weighted by molar-refractivity contribution is 0.0566. The van der Waals surface area contributed by atoms with Crippen molar-refractivity contribution in [3.05, 3.63) is 47.7 Å². The normalized spacial score (nSPS) is 18.4. The Hall–Kier alpha value is -2.11. The fourth-order valence-electron chi connectivity index (χ4n) is 2.36. The maximum Gasteiger partial charge on any atom is 0.373 e. The van der Waals surface area contributed by atoms with Gasteiger partial charge in [-0.1, -0.05) is 24.3 Å². The molecule has 21 heavy (non-hydrogen) atoms. The number of nitrogens with one attached hydrogen (secondary N) is 1. The summed E-state index contributed by atoms with van der Waals surface area (Å²) in [5.74, 6) is 0.384. The first kappa shape index (κ1) is 13.9. The van der Waals surface area contributed by atoms with Gasteiger partial charge in [-0.05, 0) is 17.7 Å². The van der Waals surface area contributed by atoms with E-state index in [-0.39, 0.29) is 11.8 Å². The van der Waals surface area contributed by atoms with E-state index in [0.29, 0.717) is 12.4 Å². The second-order valence-electron chi connectivity index (χ2n) is 4.86. The zero-order valence-electron chi connectivity index (χ0n) is 11.8. The summed E-state index contributed by atoms with van der Waals surface area (Å²) in [6.45, 7) is 2.32. The molecule has 2 heterocycles. The smallest absolute Gasteiger partial charge is 0.373 e. The number of hydrogen-bond acceptors (Lipinski definition) is 5. The van der Waals surface area contributed by atoms with Gasteiger partial charge in [0, 0.05) is 12.1 Å². The van der Waals surface area contributed by atoms with Gasteiger partial charge in [0.15, 0.2) is 0 Å². The minimum absolute atomic E-state index is 0.207. The highest BCUT2D eigenvalue weighted by Crippen LogP contribution is 2.25. The molecular weight excluding hydrogens is 270 g/mol. The van der Waals surface area contributed by atoms with Crippen LogP contribution >= 0.6 is 0 Å². The lowest BCUT2D eigenvalue weighted by atomic mass is 10.0. The van der Waals surface area contributed by atoms with Crippen LogP contribution in [-0.2, 0) is 9.47 Å². The number of esters is 1. The minimum atomic E-state index is -0.471. The largest absolute Gasteiger partial charge is 0.463 e. The molecule has 0 spiro atoms. The highest BCUT2D eigenvalue weighted by Gasteiger charge is 2.16. The van der Waals surface area contributed by atoms with E-state index in [0.717, 1.165) is 18.7 Å². The average Bonchev–Trinajstić information content (AvgIpc) is 3.05. The molecule has 1 aliphatic heterocycles. The molecule has 0 saturated carbocycles. The Balaban J connectivity index is 1.77. The highest BCUT2D eigenvalue weighted by molar-refractivity contribution is 5.87. The molecule has 0 amide bonds. The summed E-state index contributed by atoms with van der Waals surface area (Å²) in [5, 5.41) is 3.41. The Kier molecular flexibility index (Phi) is 4.03. The minimum Gasteiger partial charge on any atom is -0.463 e. The molecule has 3 rings (SSSR count). The second-order valence-corrected chi connectivity index (χ2v) is 4.86. The second kappa shape index (κ2) is 6.11. The van der Waals surface area contributed by atoms with Crippen LogP contribution in [0.2, 0.25) is 0 Å². The molecule has 1 fully saturated rings. The number of carbonyl (C=O) groups excluding carboxylic acids is 1. The topological polar surface area (TPSA) is 60.7 Å². The molecule has 110 valence electrons. The van der Waals surface area contributed by atoms with Crippen molar-refractivity contribution in [1.29, 1.82) is 0 Å². The van der Waals surface area contributed by atoms with Crippen LogP contribution in [-0.4, -0.2) is 32.8 Å². The zero-order chi connectivity index (χ0) is 14.7. The summed E-state index contributed by atoms with van der Waals surface area (Å²) in [7, 11) is 1.33. The molecule has 1 unspecified atom stereocenters. The summed E-state index contributed by atoms with van der Waals surface area (Å²) in [4.78, 5) is 11.4. The first-order valence-corrected chi connectivity index (χ1v) is 6.87. The van der Waals surface area contributed by atoms with Gasteiger partial charge in [0.2, 0.25) is 5.76 Å². The molecule has 1 N–H and O–H groups in total. The highest BCUT2D eigenvalue weighted by atomic mass is 16.5. The van der Waals surface area contributed by atoms with Gasteiger partial charge < -0.3 is 19.2 Å². The van der Waals surface area contributed by atoms with Gasteiger partial charge in [0.05, 0.1) is 26.4 Å². The van der Waals surface area contributed by atoms with E-state index in [1.165, 1.54) is 12.7 Å². The van der Waals surface area contributed by atoms with E-state index < -0.39 is 5.97 Å². The van der Waals surface area contributed by atoms with Crippen molar-refractivity contribution in [2.45, 2.75) is 6.04 Å². The third-order valence-corrected chi connectivity index (χ3v) is 3.51. The summed E-state index contributed by atoms with van der Waals surface area (Å²) in [5.41, 5.74) is 2.10. The van der Waals surface area contributed by atoms with E-state index in [1.807, 2.05) is 24.3 Å². The summed E-state index contributed by atoms with van der Waals surface area (Å²) < 4.78 is 15.6. The molecule has 1 atom stereocenters. The predicted octanol–water partition coefficient (Wildman–Crippen LogP) is 2.39. The molecule has 0 aliphatic carbocycles. The molecule has 1 aliphatic rings. The standard InChI is InChI=1S/C16H17NO4/c1-19-16(18)15-7-6-14(21-15)12-4-2-11(3-5-12)13-10-20-9-8-17-13/h2-7,13,17H,8-10H2,1H3. The number of hydrogen-bond donors (Lipinski definition) is 1. The Bertz CT molecular complexity index is 611. The number of furan rings is 1. The molecule has 0 radical (unpaired) electrons. The molecular formula is C16H17NO4. The molecule has 2 aromatic rings. The van der Waals surface area contributed by atoms with E-state index >= 15 is 0 Å². The number of ether oxygens (including phenoxy) is 2.